The molecule has 1 fully saturated rings. The highest BCUT2D eigenvalue weighted by Crippen LogP contribution is 2.41. The van der Waals surface area contributed by atoms with Gasteiger partial charge in [0.05, 0.1) is 14.2 Å². The molecule has 2 aromatic carbocycles. The van der Waals surface area contributed by atoms with E-state index in [0.717, 1.165) is 31.6 Å². The third-order valence-corrected chi connectivity index (χ3v) is 5.88. The summed E-state index contributed by atoms with van der Waals surface area (Å²) in [6.45, 7) is 1.97. The molecule has 0 aliphatic carbocycles. The molecule has 3 atom stereocenters. The number of benzene rings is 2. The van der Waals surface area contributed by atoms with Crippen molar-refractivity contribution in [1.29, 1.82) is 0 Å². The molecular weight excluding hydrogens is 462 g/mol. The van der Waals surface area contributed by atoms with E-state index in [1.54, 1.807) is 14.2 Å². The molecule has 138 valence electrons. The van der Waals surface area contributed by atoms with Crippen LogP contribution in [0.2, 0.25) is 0 Å². The quantitative estimate of drug-likeness (QED) is 0.649. The Morgan fingerprint density at radius 2 is 1.50 bits per heavy atom. The van der Waals surface area contributed by atoms with Gasteiger partial charge < -0.3 is 14.8 Å². The molecule has 1 N–H and O–H groups in total. The first-order chi connectivity index (χ1) is 12.4. The van der Waals surface area contributed by atoms with Crippen LogP contribution in [0.4, 0.5) is 0 Å². The molecule has 1 aliphatic heterocycles. The number of ketones is 1. The Morgan fingerprint density at radius 3 is 2.08 bits per heavy atom. The SMILES string of the molecule is COc1cc(Br)ccc1[C@@H]1CC(=O)[C@@H](C)[C@@H](c2ccc(Br)cc2OC)N1. The van der Waals surface area contributed by atoms with Crippen molar-refractivity contribution < 1.29 is 14.3 Å². The van der Waals surface area contributed by atoms with Crippen molar-refractivity contribution in [1.82, 2.24) is 5.32 Å². The molecular formula is C20H21Br2NO3. The maximum Gasteiger partial charge on any atom is 0.139 e. The third kappa shape index (κ3) is 3.82. The average Bonchev–Trinajstić information content (AvgIpc) is 2.63. The summed E-state index contributed by atoms with van der Waals surface area (Å²) in [5.41, 5.74) is 1.97. The van der Waals surface area contributed by atoms with Gasteiger partial charge in [-0.1, -0.05) is 50.9 Å². The van der Waals surface area contributed by atoms with E-state index >= 15 is 0 Å². The second-order valence-electron chi connectivity index (χ2n) is 6.43. The predicted molar refractivity (Wildman–Crippen MR) is 109 cm³/mol. The highest BCUT2D eigenvalue weighted by atomic mass is 79.9. The topological polar surface area (TPSA) is 47.6 Å². The Hall–Kier alpha value is -1.37. The minimum atomic E-state index is -0.136. The fraction of sp³-hybridized carbons (Fsp3) is 0.350. The van der Waals surface area contributed by atoms with Crippen LogP contribution in [-0.4, -0.2) is 20.0 Å². The molecule has 0 saturated carbocycles. The van der Waals surface area contributed by atoms with Gasteiger partial charge in [-0.15, -0.1) is 0 Å². The number of carbonyl (C=O) groups excluding carboxylic acids is 1. The van der Waals surface area contributed by atoms with Gasteiger partial charge in [-0.05, 0) is 24.3 Å². The number of rotatable bonds is 4. The number of halogens is 2. The Balaban J connectivity index is 1.99. The van der Waals surface area contributed by atoms with E-state index < -0.39 is 0 Å². The van der Waals surface area contributed by atoms with Crippen molar-refractivity contribution in [2.24, 2.45) is 5.92 Å². The zero-order chi connectivity index (χ0) is 18.8. The summed E-state index contributed by atoms with van der Waals surface area (Å²) in [4.78, 5) is 12.8. The van der Waals surface area contributed by atoms with Crippen molar-refractivity contribution in [2.45, 2.75) is 25.4 Å². The van der Waals surface area contributed by atoms with Crippen molar-refractivity contribution >= 4 is 37.6 Å². The van der Waals surface area contributed by atoms with Gasteiger partial charge in [-0.2, -0.15) is 0 Å². The van der Waals surface area contributed by atoms with Crippen LogP contribution in [0.15, 0.2) is 45.3 Å². The van der Waals surface area contributed by atoms with E-state index in [1.165, 1.54) is 0 Å². The molecule has 26 heavy (non-hydrogen) atoms. The Kier molecular flexibility index (Phi) is 6.05. The van der Waals surface area contributed by atoms with Gasteiger partial charge >= 0.3 is 0 Å². The summed E-state index contributed by atoms with van der Waals surface area (Å²) in [5, 5.41) is 3.64. The van der Waals surface area contributed by atoms with Crippen molar-refractivity contribution in [2.75, 3.05) is 14.2 Å². The van der Waals surface area contributed by atoms with Crippen molar-refractivity contribution in [3.63, 3.8) is 0 Å². The van der Waals surface area contributed by atoms with E-state index in [0.29, 0.717) is 6.42 Å². The van der Waals surface area contributed by atoms with Gasteiger partial charge in [0.2, 0.25) is 0 Å². The van der Waals surface area contributed by atoms with E-state index in [-0.39, 0.29) is 23.8 Å². The number of hydrogen-bond donors (Lipinski definition) is 1. The van der Waals surface area contributed by atoms with Crippen LogP contribution in [0, 0.1) is 5.92 Å². The first-order valence-electron chi connectivity index (χ1n) is 8.40. The number of nitrogens with one attached hydrogen (secondary N) is 1. The van der Waals surface area contributed by atoms with Crippen LogP contribution < -0.4 is 14.8 Å². The Morgan fingerprint density at radius 1 is 0.962 bits per heavy atom. The molecule has 0 unspecified atom stereocenters. The first-order valence-corrected chi connectivity index (χ1v) is 9.98. The minimum Gasteiger partial charge on any atom is -0.496 e. The largest absolute Gasteiger partial charge is 0.496 e. The maximum atomic E-state index is 12.8. The Bertz CT molecular complexity index is 825. The summed E-state index contributed by atoms with van der Waals surface area (Å²) in [6, 6.07) is 11.6. The second-order valence-corrected chi connectivity index (χ2v) is 8.26. The van der Waals surface area contributed by atoms with Gasteiger partial charge in [0, 0.05) is 44.5 Å². The van der Waals surface area contributed by atoms with Crippen LogP contribution in [0.25, 0.3) is 0 Å². The molecule has 6 heteroatoms. The molecule has 1 aliphatic rings. The number of hydrogen-bond acceptors (Lipinski definition) is 4. The number of methoxy groups -OCH3 is 2. The first kappa shape index (κ1) is 19.4. The number of carbonyl (C=O) groups is 1. The standard InChI is InChI=1S/C20H21Br2NO3/c1-11-17(24)10-16(14-6-4-12(21)8-18(14)25-2)23-20(11)15-7-5-13(22)9-19(15)26-3/h4-9,11,16,20,23H,10H2,1-3H3/t11-,16+,20+/m1/s1. The fourth-order valence-corrected chi connectivity index (χ4v) is 4.15. The molecule has 1 saturated heterocycles. The maximum absolute atomic E-state index is 12.8. The second kappa shape index (κ2) is 8.11. The van der Waals surface area contributed by atoms with E-state index in [4.69, 9.17) is 9.47 Å². The lowest BCUT2D eigenvalue weighted by Crippen LogP contribution is -2.41. The molecule has 0 aromatic heterocycles. The van der Waals surface area contributed by atoms with Gasteiger partial charge in [0.1, 0.15) is 17.3 Å². The molecule has 0 spiro atoms. The molecule has 0 radical (unpaired) electrons. The summed E-state index contributed by atoms with van der Waals surface area (Å²) in [7, 11) is 3.30. The smallest absolute Gasteiger partial charge is 0.139 e. The fourth-order valence-electron chi connectivity index (χ4n) is 3.47. The van der Waals surface area contributed by atoms with Gasteiger partial charge in [-0.25, -0.2) is 0 Å². The number of Topliss-reactive ketones (excluding diaryl/α,β-unsaturated/α-hetero) is 1. The lowest BCUT2D eigenvalue weighted by Gasteiger charge is -2.36. The minimum absolute atomic E-state index is 0.111. The van der Waals surface area contributed by atoms with Crippen LogP contribution in [-0.2, 0) is 4.79 Å². The normalized spacial score (nSPS) is 23.0. The molecule has 3 rings (SSSR count). The highest BCUT2D eigenvalue weighted by molar-refractivity contribution is 9.10. The molecule has 4 nitrogen and oxygen atoms in total. The van der Waals surface area contributed by atoms with E-state index in [9.17, 15) is 4.79 Å². The molecule has 0 bridgehead atoms. The van der Waals surface area contributed by atoms with Crippen LogP contribution in [0.1, 0.15) is 36.6 Å². The zero-order valence-electron chi connectivity index (χ0n) is 14.9. The molecule has 0 amide bonds. The highest BCUT2D eigenvalue weighted by Gasteiger charge is 2.37. The number of ether oxygens (including phenoxy) is 2. The lowest BCUT2D eigenvalue weighted by molar-refractivity contribution is -0.126. The van der Waals surface area contributed by atoms with E-state index in [1.807, 2.05) is 43.3 Å². The Labute approximate surface area is 170 Å². The van der Waals surface area contributed by atoms with Crippen LogP contribution in [0.5, 0.6) is 11.5 Å². The zero-order valence-corrected chi connectivity index (χ0v) is 18.1. The predicted octanol–water partition coefficient (Wildman–Crippen LogP) is 5.21. The molecule has 2 aromatic rings. The van der Waals surface area contributed by atoms with Gasteiger partial charge in [-0.3, -0.25) is 4.79 Å². The van der Waals surface area contributed by atoms with Crippen LogP contribution >= 0.6 is 31.9 Å². The van der Waals surface area contributed by atoms with Gasteiger partial charge in [0.25, 0.3) is 0 Å². The summed E-state index contributed by atoms with van der Waals surface area (Å²) in [5.74, 6) is 1.62. The average molecular weight is 483 g/mol. The molecule has 1 heterocycles. The summed E-state index contributed by atoms with van der Waals surface area (Å²) in [6.07, 6.45) is 0.439. The summed E-state index contributed by atoms with van der Waals surface area (Å²) >= 11 is 6.94. The van der Waals surface area contributed by atoms with Crippen molar-refractivity contribution in [3.8, 4) is 11.5 Å². The van der Waals surface area contributed by atoms with Crippen LogP contribution in [0.3, 0.4) is 0 Å². The lowest BCUT2D eigenvalue weighted by atomic mass is 9.81. The van der Waals surface area contributed by atoms with Crippen molar-refractivity contribution in [3.05, 3.63) is 56.5 Å². The number of piperidine rings is 1. The third-order valence-electron chi connectivity index (χ3n) is 4.90. The summed E-state index contributed by atoms with van der Waals surface area (Å²) < 4.78 is 13.0. The van der Waals surface area contributed by atoms with Gasteiger partial charge in [0.15, 0.2) is 0 Å². The van der Waals surface area contributed by atoms with E-state index in [2.05, 4.69) is 37.2 Å². The monoisotopic (exact) mass is 481 g/mol.